The van der Waals surface area contributed by atoms with Gasteiger partial charge in [0.2, 0.25) is 5.91 Å². The van der Waals surface area contributed by atoms with Crippen LogP contribution in [0.25, 0.3) is 0 Å². The Labute approximate surface area is 165 Å². The Kier molecular flexibility index (Phi) is 9.04. The smallest absolute Gasteiger partial charge is 0.222 e. The molecule has 5 atom stereocenters. The molecule has 2 aliphatic carbocycles. The molecule has 2 N–H and O–H groups in total. The van der Waals surface area contributed by atoms with E-state index in [9.17, 15) is 15.0 Å². The lowest BCUT2D eigenvalue weighted by Gasteiger charge is -2.17. The van der Waals surface area contributed by atoms with Crippen LogP contribution < -0.4 is 0 Å². The maximum absolute atomic E-state index is 11.6. The lowest BCUT2D eigenvalue weighted by molar-refractivity contribution is -0.128. The van der Waals surface area contributed by atoms with Crippen LogP contribution in [0.2, 0.25) is 0 Å². The third-order valence-electron chi connectivity index (χ3n) is 6.30. The van der Waals surface area contributed by atoms with Crippen LogP contribution in [-0.4, -0.2) is 47.3 Å². The Balaban J connectivity index is 1.80. The lowest BCUT2D eigenvalue weighted by atomic mass is 9.90. The van der Waals surface area contributed by atoms with Crippen molar-refractivity contribution in [1.82, 2.24) is 4.90 Å². The Morgan fingerprint density at radius 1 is 1.26 bits per heavy atom. The monoisotopic (exact) mass is 377 g/mol. The summed E-state index contributed by atoms with van der Waals surface area (Å²) in [6, 6.07) is 0. The third-order valence-corrected chi connectivity index (χ3v) is 6.30. The highest BCUT2D eigenvalue weighted by atomic mass is 16.3. The molecule has 0 aromatic rings. The van der Waals surface area contributed by atoms with E-state index >= 15 is 0 Å². The van der Waals surface area contributed by atoms with Gasteiger partial charge in [0.05, 0.1) is 12.2 Å². The first-order chi connectivity index (χ1) is 12.9. The van der Waals surface area contributed by atoms with E-state index in [0.717, 1.165) is 51.4 Å². The fourth-order valence-electron chi connectivity index (χ4n) is 4.68. The fraction of sp³-hybridized carbons (Fsp3) is 0.783. The number of hydrogen-bond donors (Lipinski definition) is 2. The van der Waals surface area contributed by atoms with Crippen molar-refractivity contribution >= 4 is 5.91 Å². The SMILES string of the molecule is CCCCC[C@H](O)/C=C/[C@@H]1[C@H]2C/C(=C/CCCC(=O)N(C)C)C[C@H]2C[C@H]1O. The van der Waals surface area contributed by atoms with Crippen molar-refractivity contribution in [3.05, 3.63) is 23.8 Å². The molecular formula is C23H39NO3. The van der Waals surface area contributed by atoms with Crippen LogP contribution in [0.15, 0.2) is 23.8 Å². The molecule has 154 valence electrons. The molecule has 0 aliphatic heterocycles. The van der Waals surface area contributed by atoms with E-state index in [2.05, 4.69) is 19.1 Å². The van der Waals surface area contributed by atoms with Gasteiger partial charge in [0.1, 0.15) is 0 Å². The Hall–Kier alpha value is -1.13. The molecule has 0 radical (unpaired) electrons. The molecule has 0 spiro atoms. The predicted molar refractivity (Wildman–Crippen MR) is 110 cm³/mol. The molecule has 4 nitrogen and oxygen atoms in total. The Morgan fingerprint density at radius 2 is 2.04 bits per heavy atom. The molecule has 27 heavy (non-hydrogen) atoms. The van der Waals surface area contributed by atoms with Crippen molar-refractivity contribution < 1.29 is 15.0 Å². The largest absolute Gasteiger partial charge is 0.392 e. The first-order valence-electron chi connectivity index (χ1n) is 10.8. The van der Waals surface area contributed by atoms with E-state index in [1.54, 1.807) is 19.0 Å². The second-order valence-electron chi connectivity index (χ2n) is 8.70. The highest BCUT2D eigenvalue weighted by molar-refractivity contribution is 5.75. The molecule has 0 aromatic heterocycles. The molecule has 4 heteroatoms. The van der Waals surface area contributed by atoms with Crippen LogP contribution in [0.1, 0.15) is 71.1 Å². The summed E-state index contributed by atoms with van der Waals surface area (Å²) in [6.07, 6.45) is 15.4. The molecule has 2 fully saturated rings. The van der Waals surface area contributed by atoms with Crippen LogP contribution in [-0.2, 0) is 4.79 Å². The van der Waals surface area contributed by atoms with E-state index < -0.39 is 0 Å². The molecule has 0 unspecified atom stereocenters. The lowest BCUT2D eigenvalue weighted by Crippen LogP contribution is -2.20. The summed E-state index contributed by atoms with van der Waals surface area (Å²) in [7, 11) is 3.61. The predicted octanol–water partition coefficient (Wildman–Crippen LogP) is 4.08. The highest BCUT2D eigenvalue weighted by Crippen LogP contribution is 2.50. The zero-order chi connectivity index (χ0) is 19.8. The van der Waals surface area contributed by atoms with Gasteiger partial charge in [0.15, 0.2) is 0 Å². The summed E-state index contributed by atoms with van der Waals surface area (Å²) in [5.41, 5.74) is 1.50. The normalized spacial score (nSPS) is 30.2. The summed E-state index contributed by atoms with van der Waals surface area (Å²) in [5, 5.41) is 20.6. The average molecular weight is 378 g/mol. The number of amides is 1. The minimum atomic E-state index is -0.381. The van der Waals surface area contributed by atoms with Crippen LogP contribution in [0.3, 0.4) is 0 Å². The quantitative estimate of drug-likeness (QED) is 0.445. The summed E-state index contributed by atoms with van der Waals surface area (Å²) < 4.78 is 0. The first-order valence-corrected chi connectivity index (χ1v) is 10.8. The molecule has 2 aliphatic rings. The molecule has 2 saturated carbocycles. The van der Waals surface area contributed by atoms with Gasteiger partial charge in [0, 0.05) is 26.4 Å². The Morgan fingerprint density at radius 3 is 2.74 bits per heavy atom. The zero-order valence-corrected chi connectivity index (χ0v) is 17.4. The molecule has 0 heterocycles. The van der Waals surface area contributed by atoms with Crippen LogP contribution in [0, 0.1) is 17.8 Å². The van der Waals surface area contributed by atoms with E-state index in [4.69, 9.17) is 0 Å². The number of allylic oxidation sites excluding steroid dienone is 2. The highest BCUT2D eigenvalue weighted by Gasteiger charge is 2.44. The van der Waals surface area contributed by atoms with Gasteiger partial charge >= 0.3 is 0 Å². The molecular weight excluding hydrogens is 338 g/mol. The van der Waals surface area contributed by atoms with Crippen molar-refractivity contribution in [2.75, 3.05) is 14.1 Å². The number of hydrogen-bond acceptors (Lipinski definition) is 3. The van der Waals surface area contributed by atoms with E-state index in [0.29, 0.717) is 18.3 Å². The van der Waals surface area contributed by atoms with Gasteiger partial charge in [-0.3, -0.25) is 4.79 Å². The summed E-state index contributed by atoms with van der Waals surface area (Å²) in [5.74, 6) is 1.45. The van der Waals surface area contributed by atoms with E-state index in [1.807, 2.05) is 6.08 Å². The average Bonchev–Trinajstić information content (AvgIpc) is 3.13. The maximum Gasteiger partial charge on any atom is 0.222 e. The molecule has 1 amide bonds. The Bertz CT molecular complexity index is 526. The van der Waals surface area contributed by atoms with Gasteiger partial charge in [-0.25, -0.2) is 0 Å². The summed E-state index contributed by atoms with van der Waals surface area (Å²) in [6.45, 7) is 2.17. The second kappa shape index (κ2) is 11.0. The number of aliphatic hydroxyl groups excluding tert-OH is 2. The standard InChI is InChI=1S/C23H39NO3/c1-4-5-6-10-19(25)12-13-20-21-15-17(14-18(21)16-22(20)26)9-7-8-11-23(27)24(2)3/h9,12-13,18-22,25-26H,4-8,10-11,14-16H2,1-3H3/b13-12+,17-9+/t18-,19-,20+,21-,22+/m0/s1. The van der Waals surface area contributed by atoms with Gasteiger partial charge in [-0.2, -0.15) is 0 Å². The number of carbonyl (C=O) groups excluding carboxylic acids is 1. The number of aliphatic hydroxyl groups is 2. The first kappa shape index (κ1) is 22.2. The topological polar surface area (TPSA) is 60.8 Å². The van der Waals surface area contributed by atoms with Crippen molar-refractivity contribution in [2.45, 2.75) is 83.3 Å². The second-order valence-corrected chi connectivity index (χ2v) is 8.70. The maximum atomic E-state index is 11.6. The fourth-order valence-corrected chi connectivity index (χ4v) is 4.68. The van der Waals surface area contributed by atoms with E-state index in [-0.39, 0.29) is 24.0 Å². The number of nitrogens with zero attached hydrogens (tertiary/aromatic N) is 1. The summed E-state index contributed by atoms with van der Waals surface area (Å²) in [4.78, 5) is 13.3. The van der Waals surface area contributed by atoms with Crippen LogP contribution in [0.5, 0.6) is 0 Å². The van der Waals surface area contributed by atoms with Gasteiger partial charge in [0.25, 0.3) is 0 Å². The van der Waals surface area contributed by atoms with Crippen molar-refractivity contribution in [1.29, 1.82) is 0 Å². The zero-order valence-electron chi connectivity index (χ0n) is 17.4. The number of carbonyl (C=O) groups is 1. The van der Waals surface area contributed by atoms with Crippen LogP contribution >= 0.6 is 0 Å². The van der Waals surface area contributed by atoms with Gasteiger partial charge < -0.3 is 15.1 Å². The molecule has 2 rings (SSSR count). The van der Waals surface area contributed by atoms with Crippen molar-refractivity contribution in [3.8, 4) is 0 Å². The van der Waals surface area contributed by atoms with Crippen molar-refractivity contribution in [3.63, 3.8) is 0 Å². The van der Waals surface area contributed by atoms with Crippen LogP contribution in [0.4, 0.5) is 0 Å². The molecule has 0 bridgehead atoms. The number of unbranched alkanes of at least 4 members (excludes halogenated alkanes) is 3. The van der Waals surface area contributed by atoms with E-state index in [1.165, 1.54) is 12.0 Å². The number of rotatable bonds is 10. The number of fused-ring (bicyclic) bond motifs is 1. The summed E-state index contributed by atoms with van der Waals surface area (Å²) >= 11 is 0. The third kappa shape index (κ3) is 6.76. The molecule has 0 aromatic carbocycles. The minimum Gasteiger partial charge on any atom is -0.392 e. The van der Waals surface area contributed by atoms with Gasteiger partial charge in [-0.15, -0.1) is 0 Å². The van der Waals surface area contributed by atoms with Gasteiger partial charge in [-0.1, -0.05) is 50.0 Å². The minimum absolute atomic E-state index is 0.178. The van der Waals surface area contributed by atoms with Gasteiger partial charge in [-0.05, 0) is 50.4 Å². The molecule has 0 saturated heterocycles. The van der Waals surface area contributed by atoms with Crippen molar-refractivity contribution in [2.24, 2.45) is 17.8 Å².